The number of halogens is 1. The van der Waals surface area contributed by atoms with E-state index in [0.717, 1.165) is 12.4 Å². The van der Waals surface area contributed by atoms with E-state index in [9.17, 15) is 8.42 Å². The first-order valence-corrected chi connectivity index (χ1v) is 8.82. The lowest BCUT2D eigenvalue weighted by atomic mass is 9.96. The van der Waals surface area contributed by atoms with E-state index >= 15 is 0 Å². The topological polar surface area (TPSA) is 82.6 Å². The molecule has 6 nitrogen and oxygen atoms in total. The monoisotopic (exact) mass is 418 g/mol. The molecule has 1 fully saturated rings. The summed E-state index contributed by atoms with van der Waals surface area (Å²) in [4.78, 5) is 4.18. The van der Waals surface area contributed by atoms with Crippen molar-refractivity contribution in [3.8, 4) is 0 Å². The number of nitrogens with zero attached hydrogens (tertiary/aromatic N) is 1. The Morgan fingerprint density at radius 3 is 2.40 bits per heavy atom. The SMILES string of the molecule is CN=C(NCCCNS(C)(=O)=O)NC1CCCCC1.I. The van der Waals surface area contributed by atoms with Gasteiger partial charge in [-0.05, 0) is 19.3 Å². The third-order valence-corrected chi connectivity index (χ3v) is 3.91. The van der Waals surface area contributed by atoms with Crippen LogP contribution in [0.25, 0.3) is 0 Å². The van der Waals surface area contributed by atoms with Crippen LogP contribution in [0, 0.1) is 0 Å². The second kappa shape index (κ2) is 10.6. The zero-order valence-electron chi connectivity index (χ0n) is 12.3. The van der Waals surface area contributed by atoms with Gasteiger partial charge in [-0.25, -0.2) is 13.1 Å². The van der Waals surface area contributed by atoms with Crippen LogP contribution in [0.1, 0.15) is 38.5 Å². The molecule has 1 aliphatic carbocycles. The van der Waals surface area contributed by atoms with Gasteiger partial charge in [0.25, 0.3) is 0 Å². The number of hydrogen-bond acceptors (Lipinski definition) is 3. The van der Waals surface area contributed by atoms with Crippen LogP contribution < -0.4 is 15.4 Å². The second-order valence-electron chi connectivity index (χ2n) is 5.00. The molecule has 0 aliphatic heterocycles. The molecular formula is C12H27IN4O2S. The van der Waals surface area contributed by atoms with Crippen molar-refractivity contribution in [1.82, 2.24) is 15.4 Å². The van der Waals surface area contributed by atoms with Crippen LogP contribution in [0.5, 0.6) is 0 Å². The number of hydrogen-bond donors (Lipinski definition) is 3. The van der Waals surface area contributed by atoms with Crippen molar-refractivity contribution >= 4 is 40.0 Å². The van der Waals surface area contributed by atoms with Crippen LogP contribution in [0.3, 0.4) is 0 Å². The van der Waals surface area contributed by atoms with Crippen LogP contribution in [0.15, 0.2) is 4.99 Å². The number of aliphatic imine (C=N–C) groups is 1. The maximum Gasteiger partial charge on any atom is 0.208 e. The lowest BCUT2D eigenvalue weighted by Gasteiger charge is -2.24. The Bertz CT molecular complexity index is 381. The van der Waals surface area contributed by atoms with E-state index in [1.165, 1.54) is 38.4 Å². The molecule has 3 N–H and O–H groups in total. The van der Waals surface area contributed by atoms with Crippen LogP contribution in [0.2, 0.25) is 0 Å². The smallest absolute Gasteiger partial charge is 0.208 e. The van der Waals surface area contributed by atoms with Gasteiger partial charge < -0.3 is 10.6 Å². The van der Waals surface area contributed by atoms with Gasteiger partial charge in [-0.1, -0.05) is 19.3 Å². The molecule has 120 valence electrons. The molecule has 0 atom stereocenters. The number of nitrogens with one attached hydrogen (secondary N) is 3. The van der Waals surface area contributed by atoms with Crippen molar-refractivity contribution in [2.24, 2.45) is 4.99 Å². The van der Waals surface area contributed by atoms with E-state index in [4.69, 9.17) is 0 Å². The minimum atomic E-state index is -3.08. The average Bonchev–Trinajstić information content (AvgIpc) is 2.37. The van der Waals surface area contributed by atoms with Crippen molar-refractivity contribution in [2.45, 2.75) is 44.6 Å². The molecule has 1 rings (SSSR count). The van der Waals surface area contributed by atoms with Gasteiger partial charge in [0.05, 0.1) is 6.26 Å². The van der Waals surface area contributed by atoms with Crippen molar-refractivity contribution in [2.75, 3.05) is 26.4 Å². The highest BCUT2D eigenvalue weighted by atomic mass is 127. The molecule has 20 heavy (non-hydrogen) atoms. The van der Waals surface area contributed by atoms with Gasteiger partial charge in [0.15, 0.2) is 5.96 Å². The highest BCUT2D eigenvalue weighted by Crippen LogP contribution is 2.17. The Morgan fingerprint density at radius 2 is 1.85 bits per heavy atom. The molecule has 0 aromatic carbocycles. The average molecular weight is 418 g/mol. The maximum atomic E-state index is 10.9. The van der Waals surface area contributed by atoms with E-state index in [1.807, 2.05) is 0 Å². The van der Waals surface area contributed by atoms with E-state index < -0.39 is 10.0 Å². The van der Waals surface area contributed by atoms with Gasteiger partial charge in [0.1, 0.15) is 0 Å². The van der Waals surface area contributed by atoms with Crippen LogP contribution in [-0.2, 0) is 10.0 Å². The Morgan fingerprint density at radius 1 is 1.20 bits per heavy atom. The van der Waals surface area contributed by atoms with Crippen molar-refractivity contribution < 1.29 is 8.42 Å². The first-order valence-electron chi connectivity index (χ1n) is 6.93. The maximum absolute atomic E-state index is 10.9. The summed E-state index contributed by atoms with van der Waals surface area (Å²) in [6.07, 6.45) is 8.22. The Kier molecular flexibility index (Phi) is 10.6. The van der Waals surface area contributed by atoms with E-state index in [0.29, 0.717) is 19.1 Å². The lowest BCUT2D eigenvalue weighted by molar-refractivity contribution is 0.410. The summed E-state index contributed by atoms with van der Waals surface area (Å²) in [7, 11) is -1.32. The molecule has 8 heteroatoms. The molecule has 0 aromatic rings. The minimum absolute atomic E-state index is 0. The first-order chi connectivity index (χ1) is 9.01. The predicted octanol–water partition coefficient (Wildman–Crippen LogP) is 1.04. The summed E-state index contributed by atoms with van der Waals surface area (Å²) in [6, 6.07) is 0.522. The first kappa shape index (κ1) is 19.9. The zero-order valence-corrected chi connectivity index (χ0v) is 15.5. The quantitative estimate of drug-likeness (QED) is 0.261. The molecule has 0 bridgehead atoms. The summed E-state index contributed by atoms with van der Waals surface area (Å²) < 4.78 is 24.2. The molecular weight excluding hydrogens is 391 g/mol. The molecule has 1 saturated carbocycles. The third-order valence-electron chi connectivity index (χ3n) is 3.18. The molecule has 0 spiro atoms. The normalized spacial score (nSPS) is 17.4. The van der Waals surface area contributed by atoms with Gasteiger partial charge >= 0.3 is 0 Å². The summed E-state index contributed by atoms with van der Waals surface area (Å²) in [5.74, 6) is 0.811. The number of sulfonamides is 1. The lowest BCUT2D eigenvalue weighted by Crippen LogP contribution is -2.44. The van der Waals surface area contributed by atoms with Crippen molar-refractivity contribution in [3.63, 3.8) is 0 Å². The van der Waals surface area contributed by atoms with E-state index in [2.05, 4.69) is 20.3 Å². The molecule has 0 radical (unpaired) electrons. The van der Waals surface area contributed by atoms with Crippen LogP contribution in [-0.4, -0.2) is 46.8 Å². The molecule has 0 heterocycles. The molecule has 0 amide bonds. The number of rotatable bonds is 6. The summed E-state index contributed by atoms with van der Waals surface area (Å²) in [6.45, 7) is 1.15. The van der Waals surface area contributed by atoms with Gasteiger partial charge in [0.2, 0.25) is 10.0 Å². The Hall–Kier alpha value is -0.0900. The molecule has 0 saturated heterocycles. The standard InChI is InChI=1S/C12H26N4O2S.HI/c1-13-12(16-11-7-4-3-5-8-11)14-9-6-10-15-19(2,17)18;/h11,15H,3-10H2,1-2H3,(H2,13,14,16);1H. The summed E-state index contributed by atoms with van der Waals surface area (Å²) in [5.41, 5.74) is 0. The molecule has 0 aromatic heterocycles. The largest absolute Gasteiger partial charge is 0.356 e. The van der Waals surface area contributed by atoms with Gasteiger partial charge in [-0.2, -0.15) is 0 Å². The third kappa shape index (κ3) is 9.76. The van der Waals surface area contributed by atoms with Crippen molar-refractivity contribution in [1.29, 1.82) is 0 Å². The molecule has 0 unspecified atom stereocenters. The van der Waals surface area contributed by atoms with Gasteiger partial charge in [-0.3, -0.25) is 4.99 Å². The second-order valence-corrected chi connectivity index (χ2v) is 6.83. The van der Waals surface area contributed by atoms with E-state index in [1.54, 1.807) is 7.05 Å². The Balaban J connectivity index is 0.00000361. The minimum Gasteiger partial charge on any atom is -0.356 e. The summed E-state index contributed by atoms with van der Waals surface area (Å²) >= 11 is 0. The van der Waals surface area contributed by atoms with Gasteiger partial charge in [0, 0.05) is 26.2 Å². The van der Waals surface area contributed by atoms with Crippen LogP contribution >= 0.6 is 24.0 Å². The number of guanidine groups is 1. The fourth-order valence-electron chi connectivity index (χ4n) is 2.19. The van der Waals surface area contributed by atoms with Gasteiger partial charge in [-0.15, -0.1) is 24.0 Å². The predicted molar refractivity (Wildman–Crippen MR) is 94.2 cm³/mol. The highest BCUT2D eigenvalue weighted by molar-refractivity contribution is 14.0. The highest BCUT2D eigenvalue weighted by Gasteiger charge is 2.14. The van der Waals surface area contributed by atoms with Crippen LogP contribution in [0.4, 0.5) is 0 Å². The fourth-order valence-corrected chi connectivity index (χ4v) is 2.70. The fraction of sp³-hybridized carbons (Fsp3) is 0.917. The van der Waals surface area contributed by atoms with Crippen molar-refractivity contribution in [3.05, 3.63) is 0 Å². The zero-order chi connectivity index (χ0) is 14.1. The molecule has 1 aliphatic rings. The van der Waals surface area contributed by atoms with E-state index in [-0.39, 0.29) is 24.0 Å². The Labute approximate surface area is 139 Å². The summed E-state index contributed by atoms with van der Waals surface area (Å²) in [5, 5.41) is 6.62.